The van der Waals surface area contributed by atoms with Gasteiger partial charge in [0.05, 0.1) is 20.3 Å². The fraction of sp³-hybridized carbons (Fsp3) is 0.500. The number of amides is 2. The summed E-state index contributed by atoms with van der Waals surface area (Å²) in [6, 6.07) is 13.5. The molecule has 0 radical (unpaired) electrons. The molecule has 2 aromatic carbocycles. The van der Waals surface area contributed by atoms with Crippen LogP contribution in [0.15, 0.2) is 42.5 Å². The Bertz CT molecular complexity index is 979. The summed E-state index contributed by atoms with van der Waals surface area (Å²) >= 11 is 0. The summed E-state index contributed by atoms with van der Waals surface area (Å²) in [6.07, 6.45) is 5.11. The quantitative estimate of drug-likeness (QED) is 0.397. The number of benzene rings is 2. The van der Waals surface area contributed by atoms with Gasteiger partial charge in [-0.15, -0.1) is 0 Å². The first-order chi connectivity index (χ1) is 16.8. The fourth-order valence-corrected chi connectivity index (χ4v) is 4.70. The average Bonchev–Trinajstić information content (AvgIpc) is 2.85. The maximum atomic E-state index is 13.5. The minimum Gasteiger partial charge on any atom is -0.496 e. The number of carbonyl (C=O) groups excluding carboxylic acids is 1. The zero-order valence-electron chi connectivity index (χ0n) is 21.3. The van der Waals surface area contributed by atoms with Gasteiger partial charge in [-0.1, -0.05) is 37.3 Å². The number of aryl methyl sites for hydroxylation is 1. The molecule has 0 bridgehead atoms. The van der Waals surface area contributed by atoms with Crippen LogP contribution in [0.5, 0.6) is 11.5 Å². The molecule has 35 heavy (non-hydrogen) atoms. The first kappa shape index (κ1) is 26.4. The average molecular weight is 483 g/mol. The molecule has 1 saturated carbocycles. The highest BCUT2D eigenvalue weighted by Crippen LogP contribution is 2.36. The van der Waals surface area contributed by atoms with E-state index in [0.29, 0.717) is 19.4 Å². The Morgan fingerprint density at radius 2 is 1.71 bits per heavy atom. The second-order valence-corrected chi connectivity index (χ2v) is 9.24. The molecular weight excluding hydrogens is 444 g/mol. The lowest BCUT2D eigenvalue weighted by molar-refractivity contribution is -0.148. The SMILES string of the molecule is CCc1c(OC)cc(C(C)N(CCCCc2ccccc2)C(=O)NC2(C(=O)O)CCC2)cc1OC. The third-order valence-electron chi connectivity index (χ3n) is 7.11. The molecular formula is C28H38N2O5. The molecule has 2 N–H and O–H groups in total. The topological polar surface area (TPSA) is 88.1 Å². The number of hydrogen-bond acceptors (Lipinski definition) is 4. The van der Waals surface area contributed by atoms with Gasteiger partial charge in [0.2, 0.25) is 0 Å². The van der Waals surface area contributed by atoms with E-state index in [9.17, 15) is 14.7 Å². The number of urea groups is 1. The standard InChI is InChI=1S/C28H38N2O5/c1-5-23-24(34-3)18-22(19-25(23)35-4)20(2)30(17-10-9-14-21-12-7-6-8-13-21)27(33)29-28(26(31)32)15-11-16-28/h6-8,12-13,18-20H,5,9-11,14-17H2,1-4H3,(H,29,33)(H,31,32). The monoisotopic (exact) mass is 482 g/mol. The number of unbranched alkanes of at least 4 members (excludes halogenated alkanes) is 1. The van der Waals surface area contributed by atoms with Crippen LogP contribution >= 0.6 is 0 Å². The zero-order valence-corrected chi connectivity index (χ0v) is 21.3. The molecule has 0 spiro atoms. The van der Waals surface area contributed by atoms with Crippen molar-refractivity contribution < 1.29 is 24.2 Å². The predicted molar refractivity (Wildman–Crippen MR) is 136 cm³/mol. The molecule has 0 heterocycles. The molecule has 1 unspecified atom stereocenters. The van der Waals surface area contributed by atoms with Gasteiger partial charge >= 0.3 is 12.0 Å². The number of ether oxygens (including phenoxy) is 2. The van der Waals surface area contributed by atoms with Crippen molar-refractivity contribution >= 4 is 12.0 Å². The van der Waals surface area contributed by atoms with Crippen LogP contribution in [0.1, 0.15) is 68.7 Å². The lowest BCUT2D eigenvalue weighted by Gasteiger charge is -2.41. The molecule has 190 valence electrons. The van der Waals surface area contributed by atoms with E-state index >= 15 is 0 Å². The van der Waals surface area contributed by atoms with Gasteiger partial charge in [0.25, 0.3) is 0 Å². The molecule has 0 aliphatic heterocycles. The van der Waals surface area contributed by atoms with Crippen LogP contribution < -0.4 is 14.8 Å². The zero-order chi connectivity index (χ0) is 25.4. The number of methoxy groups -OCH3 is 2. The number of nitrogens with zero attached hydrogens (tertiary/aromatic N) is 1. The van der Waals surface area contributed by atoms with Crippen LogP contribution in [0.3, 0.4) is 0 Å². The summed E-state index contributed by atoms with van der Waals surface area (Å²) in [5.41, 5.74) is 1.96. The summed E-state index contributed by atoms with van der Waals surface area (Å²) in [4.78, 5) is 27.1. The van der Waals surface area contributed by atoms with Crippen LogP contribution in [0.4, 0.5) is 4.79 Å². The molecule has 1 atom stereocenters. The van der Waals surface area contributed by atoms with Crippen molar-refractivity contribution in [2.75, 3.05) is 20.8 Å². The number of aliphatic carboxylic acids is 1. The Labute approximate surface area is 208 Å². The third-order valence-corrected chi connectivity index (χ3v) is 7.11. The van der Waals surface area contributed by atoms with E-state index in [1.807, 2.05) is 44.2 Å². The minimum atomic E-state index is -1.17. The molecule has 7 nitrogen and oxygen atoms in total. The van der Waals surface area contributed by atoms with Crippen LogP contribution in [-0.2, 0) is 17.6 Å². The van der Waals surface area contributed by atoms with E-state index in [4.69, 9.17) is 9.47 Å². The van der Waals surface area contributed by atoms with Gasteiger partial charge in [-0.3, -0.25) is 0 Å². The Morgan fingerprint density at radius 3 is 2.20 bits per heavy atom. The van der Waals surface area contributed by atoms with Crippen molar-refractivity contribution in [2.45, 2.75) is 70.4 Å². The molecule has 7 heteroatoms. The second-order valence-electron chi connectivity index (χ2n) is 9.24. The smallest absolute Gasteiger partial charge is 0.329 e. The number of carboxylic acid groups (broad SMARTS) is 1. The Kier molecular flexibility index (Phi) is 9.01. The van der Waals surface area contributed by atoms with Crippen LogP contribution in [0, 0.1) is 0 Å². The highest BCUT2D eigenvalue weighted by atomic mass is 16.5. The van der Waals surface area contributed by atoms with Crippen LogP contribution in [-0.4, -0.2) is 48.3 Å². The number of nitrogens with one attached hydrogen (secondary N) is 1. The van der Waals surface area contributed by atoms with E-state index in [-0.39, 0.29) is 12.1 Å². The van der Waals surface area contributed by atoms with Crippen molar-refractivity contribution in [2.24, 2.45) is 0 Å². The lowest BCUT2D eigenvalue weighted by Crippen LogP contribution is -2.61. The summed E-state index contributed by atoms with van der Waals surface area (Å²) in [6.45, 7) is 4.51. The van der Waals surface area contributed by atoms with E-state index in [1.165, 1.54) is 5.56 Å². The van der Waals surface area contributed by atoms with Crippen LogP contribution in [0.25, 0.3) is 0 Å². The molecule has 1 aliphatic carbocycles. The fourth-order valence-electron chi connectivity index (χ4n) is 4.70. The largest absolute Gasteiger partial charge is 0.496 e. The summed E-state index contributed by atoms with van der Waals surface area (Å²) in [5.74, 6) is 0.475. The van der Waals surface area contributed by atoms with Gasteiger partial charge in [0, 0.05) is 12.1 Å². The molecule has 2 aromatic rings. The van der Waals surface area contributed by atoms with Gasteiger partial charge in [-0.25, -0.2) is 9.59 Å². The van der Waals surface area contributed by atoms with Crippen molar-refractivity contribution in [1.82, 2.24) is 10.2 Å². The van der Waals surface area contributed by atoms with Gasteiger partial charge in [0.1, 0.15) is 17.0 Å². The Balaban J connectivity index is 1.82. The summed E-state index contributed by atoms with van der Waals surface area (Å²) in [7, 11) is 3.26. The summed E-state index contributed by atoms with van der Waals surface area (Å²) < 4.78 is 11.2. The van der Waals surface area contributed by atoms with E-state index in [2.05, 4.69) is 17.4 Å². The van der Waals surface area contributed by atoms with Gasteiger partial charge in [-0.05, 0) is 75.1 Å². The number of carbonyl (C=O) groups is 2. The highest BCUT2D eigenvalue weighted by molar-refractivity contribution is 5.87. The van der Waals surface area contributed by atoms with Crippen molar-refractivity contribution in [3.8, 4) is 11.5 Å². The number of hydrogen-bond donors (Lipinski definition) is 2. The maximum absolute atomic E-state index is 13.5. The Hall–Kier alpha value is -3.22. The lowest BCUT2D eigenvalue weighted by atomic mass is 9.77. The van der Waals surface area contributed by atoms with E-state index in [0.717, 1.165) is 54.7 Å². The minimum absolute atomic E-state index is 0.300. The molecule has 0 aromatic heterocycles. The maximum Gasteiger partial charge on any atom is 0.329 e. The van der Waals surface area contributed by atoms with Crippen molar-refractivity contribution in [3.05, 3.63) is 59.2 Å². The highest BCUT2D eigenvalue weighted by Gasteiger charge is 2.46. The summed E-state index contributed by atoms with van der Waals surface area (Å²) in [5, 5.41) is 12.6. The first-order valence-corrected chi connectivity index (χ1v) is 12.5. The van der Waals surface area contributed by atoms with Crippen molar-refractivity contribution in [3.63, 3.8) is 0 Å². The van der Waals surface area contributed by atoms with E-state index < -0.39 is 11.5 Å². The van der Waals surface area contributed by atoms with Gasteiger partial charge in [0.15, 0.2) is 0 Å². The second kappa shape index (κ2) is 12.0. The Morgan fingerprint density at radius 1 is 1.09 bits per heavy atom. The molecule has 1 aliphatic rings. The van der Waals surface area contributed by atoms with Gasteiger partial charge < -0.3 is 24.8 Å². The number of carboxylic acids is 1. The van der Waals surface area contributed by atoms with E-state index in [1.54, 1.807) is 19.1 Å². The molecule has 1 fully saturated rings. The normalized spacial score (nSPS) is 15.0. The molecule has 2 amide bonds. The van der Waals surface area contributed by atoms with Crippen LogP contribution in [0.2, 0.25) is 0 Å². The van der Waals surface area contributed by atoms with Crippen molar-refractivity contribution in [1.29, 1.82) is 0 Å². The third kappa shape index (κ3) is 6.08. The first-order valence-electron chi connectivity index (χ1n) is 12.5. The van der Waals surface area contributed by atoms with Gasteiger partial charge in [-0.2, -0.15) is 0 Å². The molecule has 3 rings (SSSR count). The molecule has 0 saturated heterocycles. The predicted octanol–water partition coefficient (Wildman–Crippen LogP) is 5.37. The number of rotatable bonds is 12.